The molecule has 2 aromatic rings. The van der Waals surface area contributed by atoms with Gasteiger partial charge in [-0.3, -0.25) is 4.98 Å². The highest BCUT2D eigenvalue weighted by molar-refractivity contribution is 5.30. The number of rotatable bonds is 5. The van der Waals surface area contributed by atoms with E-state index in [9.17, 15) is 13.2 Å². The van der Waals surface area contributed by atoms with Crippen molar-refractivity contribution in [1.29, 1.82) is 0 Å². The number of aryl methyl sites for hydroxylation is 1. The van der Waals surface area contributed by atoms with Crippen LogP contribution in [0, 0.1) is 0 Å². The highest BCUT2D eigenvalue weighted by Crippen LogP contribution is 2.26. The number of nitrogens with two attached hydrogens (primary N) is 1. The topological polar surface area (TPSA) is 48.1 Å². The van der Waals surface area contributed by atoms with Crippen molar-refractivity contribution in [3.63, 3.8) is 0 Å². The molecule has 0 aliphatic heterocycles. The van der Waals surface area contributed by atoms with Gasteiger partial charge in [0.05, 0.1) is 0 Å². The first kappa shape index (κ1) is 15.3. The van der Waals surface area contributed by atoms with Gasteiger partial charge in [0, 0.05) is 18.4 Å². The Bertz CT molecular complexity index is 573. The van der Waals surface area contributed by atoms with Crippen LogP contribution in [0.2, 0.25) is 0 Å². The molecule has 2 rings (SSSR count). The fourth-order valence-corrected chi connectivity index (χ4v) is 1.98. The molecule has 0 spiro atoms. The van der Waals surface area contributed by atoms with Crippen LogP contribution in [0.25, 0.3) is 0 Å². The van der Waals surface area contributed by atoms with Crippen molar-refractivity contribution in [2.75, 3.05) is 0 Å². The minimum Gasteiger partial charge on any atom is -0.406 e. The summed E-state index contributed by atoms with van der Waals surface area (Å²) in [6, 6.07) is 9.17. The van der Waals surface area contributed by atoms with Gasteiger partial charge in [0.1, 0.15) is 5.75 Å². The van der Waals surface area contributed by atoms with Crippen LogP contribution in [0.3, 0.4) is 0 Å². The quantitative estimate of drug-likeness (QED) is 0.917. The molecule has 1 unspecified atom stereocenters. The van der Waals surface area contributed by atoms with Gasteiger partial charge in [0.15, 0.2) is 0 Å². The molecule has 6 heteroatoms. The molecule has 1 heterocycles. The monoisotopic (exact) mass is 296 g/mol. The van der Waals surface area contributed by atoms with Crippen LogP contribution in [0.15, 0.2) is 48.8 Å². The van der Waals surface area contributed by atoms with E-state index in [0.29, 0.717) is 18.4 Å². The fourth-order valence-electron chi connectivity index (χ4n) is 1.98. The van der Waals surface area contributed by atoms with E-state index < -0.39 is 6.36 Å². The second-order valence-electron chi connectivity index (χ2n) is 4.63. The van der Waals surface area contributed by atoms with E-state index in [4.69, 9.17) is 5.73 Å². The van der Waals surface area contributed by atoms with Gasteiger partial charge in [-0.05, 0) is 42.2 Å². The number of ether oxygens (including phenoxy) is 1. The van der Waals surface area contributed by atoms with Crippen LogP contribution < -0.4 is 10.5 Å². The first-order valence-corrected chi connectivity index (χ1v) is 6.44. The zero-order valence-electron chi connectivity index (χ0n) is 11.2. The number of halogens is 3. The van der Waals surface area contributed by atoms with E-state index in [-0.39, 0.29) is 11.8 Å². The third kappa shape index (κ3) is 5.07. The Balaban J connectivity index is 1.99. The minimum atomic E-state index is -4.70. The molecule has 0 saturated heterocycles. The first-order chi connectivity index (χ1) is 9.94. The summed E-state index contributed by atoms with van der Waals surface area (Å²) in [6.45, 7) is 0. The smallest absolute Gasteiger partial charge is 0.406 e. The van der Waals surface area contributed by atoms with Gasteiger partial charge >= 0.3 is 6.36 Å². The lowest BCUT2D eigenvalue weighted by Gasteiger charge is -2.14. The zero-order valence-corrected chi connectivity index (χ0v) is 11.2. The van der Waals surface area contributed by atoms with Crippen LogP contribution in [0.5, 0.6) is 5.75 Å². The Kier molecular flexibility index (Phi) is 4.80. The van der Waals surface area contributed by atoms with Crippen molar-refractivity contribution in [3.8, 4) is 5.75 Å². The Hall–Kier alpha value is -2.08. The lowest BCUT2D eigenvalue weighted by Crippen LogP contribution is -2.18. The summed E-state index contributed by atoms with van der Waals surface area (Å²) in [6.07, 6.45) is 0.0518. The molecule has 0 aliphatic carbocycles. The highest BCUT2D eigenvalue weighted by Gasteiger charge is 2.31. The number of hydrogen-bond acceptors (Lipinski definition) is 3. The summed E-state index contributed by atoms with van der Waals surface area (Å²) < 4.78 is 40.4. The molecule has 21 heavy (non-hydrogen) atoms. The number of aromatic nitrogens is 1. The summed E-state index contributed by atoms with van der Waals surface area (Å²) >= 11 is 0. The third-order valence-electron chi connectivity index (χ3n) is 2.99. The molecule has 1 aromatic carbocycles. The van der Waals surface area contributed by atoms with E-state index in [1.165, 1.54) is 18.2 Å². The third-order valence-corrected chi connectivity index (χ3v) is 2.99. The SMILES string of the molecule is NC(CCc1cccnc1)c1cccc(OC(F)(F)F)c1. The van der Waals surface area contributed by atoms with E-state index in [1.807, 2.05) is 12.1 Å². The van der Waals surface area contributed by atoms with Crippen LogP contribution in [0.4, 0.5) is 13.2 Å². The summed E-state index contributed by atoms with van der Waals surface area (Å²) in [5, 5.41) is 0. The molecule has 0 aliphatic rings. The molecule has 112 valence electrons. The molecule has 2 N–H and O–H groups in total. The van der Waals surface area contributed by atoms with Gasteiger partial charge in [0.25, 0.3) is 0 Å². The molecule has 3 nitrogen and oxygen atoms in total. The average molecular weight is 296 g/mol. The molecule has 0 fully saturated rings. The Morgan fingerprint density at radius 1 is 1.19 bits per heavy atom. The average Bonchev–Trinajstić information content (AvgIpc) is 2.44. The van der Waals surface area contributed by atoms with Crippen molar-refractivity contribution in [2.45, 2.75) is 25.2 Å². The van der Waals surface area contributed by atoms with E-state index in [1.54, 1.807) is 18.5 Å². The standard InChI is InChI=1S/C15H15F3N2O/c16-15(17,18)21-13-5-1-4-12(9-13)14(19)7-6-11-3-2-8-20-10-11/h1-5,8-10,14H,6-7,19H2. The van der Waals surface area contributed by atoms with Crippen molar-refractivity contribution < 1.29 is 17.9 Å². The normalized spacial score (nSPS) is 13.0. The second-order valence-corrected chi connectivity index (χ2v) is 4.63. The van der Waals surface area contributed by atoms with Crippen molar-refractivity contribution in [1.82, 2.24) is 4.98 Å². The van der Waals surface area contributed by atoms with Crippen LogP contribution in [0.1, 0.15) is 23.6 Å². The number of pyridine rings is 1. The molecular formula is C15H15F3N2O. The first-order valence-electron chi connectivity index (χ1n) is 6.44. The minimum absolute atomic E-state index is 0.253. The van der Waals surface area contributed by atoms with Gasteiger partial charge in [-0.1, -0.05) is 18.2 Å². The Morgan fingerprint density at radius 3 is 2.67 bits per heavy atom. The maximum atomic E-state index is 12.2. The van der Waals surface area contributed by atoms with Crippen molar-refractivity contribution in [3.05, 3.63) is 59.9 Å². The lowest BCUT2D eigenvalue weighted by atomic mass is 10.0. The Labute approximate surface area is 120 Å². The molecule has 0 bridgehead atoms. The maximum absolute atomic E-state index is 12.2. The summed E-state index contributed by atoms with van der Waals surface area (Å²) in [4.78, 5) is 4.00. The highest BCUT2D eigenvalue weighted by atomic mass is 19.4. The lowest BCUT2D eigenvalue weighted by molar-refractivity contribution is -0.274. The van der Waals surface area contributed by atoms with E-state index in [2.05, 4.69) is 9.72 Å². The fraction of sp³-hybridized carbons (Fsp3) is 0.267. The van der Waals surface area contributed by atoms with Gasteiger partial charge in [-0.15, -0.1) is 13.2 Å². The summed E-state index contributed by atoms with van der Waals surface area (Å²) in [5.74, 6) is -0.253. The molecule has 0 radical (unpaired) electrons. The number of nitrogens with zero attached hydrogens (tertiary/aromatic N) is 1. The van der Waals surface area contributed by atoms with Gasteiger partial charge in [0.2, 0.25) is 0 Å². The van der Waals surface area contributed by atoms with E-state index >= 15 is 0 Å². The molecule has 1 aromatic heterocycles. The van der Waals surface area contributed by atoms with Crippen LogP contribution in [-0.2, 0) is 6.42 Å². The second kappa shape index (κ2) is 6.58. The zero-order chi connectivity index (χ0) is 15.3. The van der Waals surface area contributed by atoms with Crippen LogP contribution >= 0.6 is 0 Å². The molecule has 1 atom stereocenters. The number of benzene rings is 1. The van der Waals surface area contributed by atoms with Gasteiger partial charge < -0.3 is 10.5 Å². The summed E-state index contributed by atoms with van der Waals surface area (Å²) in [7, 11) is 0. The molecule has 0 saturated carbocycles. The predicted octanol–water partition coefficient (Wildman–Crippen LogP) is 3.61. The van der Waals surface area contributed by atoms with Gasteiger partial charge in [-0.25, -0.2) is 0 Å². The summed E-state index contributed by atoms with van der Waals surface area (Å²) in [5.41, 5.74) is 7.67. The molecular weight excluding hydrogens is 281 g/mol. The van der Waals surface area contributed by atoms with Crippen molar-refractivity contribution in [2.24, 2.45) is 5.73 Å². The van der Waals surface area contributed by atoms with Crippen molar-refractivity contribution >= 4 is 0 Å². The van der Waals surface area contributed by atoms with Gasteiger partial charge in [-0.2, -0.15) is 0 Å². The largest absolute Gasteiger partial charge is 0.573 e. The Morgan fingerprint density at radius 2 is 2.00 bits per heavy atom. The number of alkyl halides is 3. The molecule has 0 amide bonds. The predicted molar refractivity (Wildman–Crippen MR) is 72.6 cm³/mol. The maximum Gasteiger partial charge on any atom is 0.573 e. The number of hydrogen-bond donors (Lipinski definition) is 1. The van der Waals surface area contributed by atoms with E-state index in [0.717, 1.165) is 5.56 Å². The van der Waals surface area contributed by atoms with Crippen LogP contribution in [-0.4, -0.2) is 11.3 Å².